The minimum atomic E-state index is -0.940. The molecule has 0 spiro atoms. The molecule has 0 radical (unpaired) electrons. The minimum Gasteiger partial charge on any atom is -0.490 e. The summed E-state index contributed by atoms with van der Waals surface area (Å²) in [6.07, 6.45) is 3.63. The molecule has 4 rings (SSSR count). The van der Waals surface area contributed by atoms with Gasteiger partial charge in [-0.3, -0.25) is 5.32 Å². The van der Waals surface area contributed by atoms with Crippen LogP contribution in [0.5, 0.6) is 5.75 Å². The smallest absolute Gasteiger partial charge is 0.411 e. The van der Waals surface area contributed by atoms with Crippen LogP contribution in [0, 0.1) is 11.6 Å². The maximum Gasteiger partial charge on any atom is 0.411 e. The standard InChI is InChI=1S/C25H23F2NO3/c26-22-12-10-18(14-23(22)27)21-15-19(11-13-24(21)31-20-8-4-5-9-20)28-25(29)30-16-17-6-2-1-3-7-17/h1-3,6-7,10-15,20H,4-5,8-9,16H2,(H,28,29). The minimum absolute atomic E-state index is 0.0960. The Kier molecular flexibility index (Phi) is 6.46. The largest absolute Gasteiger partial charge is 0.490 e. The fraction of sp³-hybridized carbons (Fsp3) is 0.240. The number of ether oxygens (including phenoxy) is 2. The van der Waals surface area contributed by atoms with E-state index in [0.29, 0.717) is 22.6 Å². The van der Waals surface area contributed by atoms with E-state index < -0.39 is 17.7 Å². The maximum absolute atomic E-state index is 13.9. The highest BCUT2D eigenvalue weighted by atomic mass is 19.2. The highest BCUT2D eigenvalue weighted by molar-refractivity contribution is 5.87. The molecule has 1 N–H and O–H groups in total. The van der Waals surface area contributed by atoms with Gasteiger partial charge in [-0.2, -0.15) is 0 Å². The van der Waals surface area contributed by atoms with Gasteiger partial charge in [-0.1, -0.05) is 36.4 Å². The van der Waals surface area contributed by atoms with Gasteiger partial charge in [-0.05, 0) is 67.1 Å². The van der Waals surface area contributed by atoms with E-state index >= 15 is 0 Å². The first-order valence-electron chi connectivity index (χ1n) is 10.3. The first-order chi connectivity index (χ1) is 15.1. The Hall–Kier alpha value is -3.41. The Morgan fingerprint density at radius 3 is 2.45 bits per heavy atom. The summed E-state index contributed by atoms with van der Waals surface area (Å²) >= 11 is 0. The van der Waals surface area contributed by atoms with Crippen LogP contribution in [0.4, 0.5) is 19.3 Å². The maximum atomic E-state index is 13.9. The number of amides is 1. The second-order valence-corrected chi connectivity index (χ2v) is 7.55. The molecular weight excluding hydrogens is 400 g/mol. The number of carbonyl (C=O) groups is 1. The number of nitrogens with one attached hydrogen (secondary N) is 1. The number of rotatable bonds is 6. The summed E-state index contributed by atoms with van der Waals surface area (Å²) in [6.45, 7) is 0.144. The molecule has 3 aromatic rings. The zero-order chi connectivity index (χ0) is 21.6. The fourth-order valence-electron chi connectivity index (χ4n) is 3.66. The second-order valence-electron chi connectivity index (χ2n) is 7.55. The van der Waals surface area contributed by atoms with Crippen molar-refractivity contribution in [2.75, 3.05) is 5.32 Å². The predicted molar refractivity (Wildman–Crippen MR) is 115 cm³/mol. The first-order valence-corrected chi connectivity index (χ1v) is 10.3. The van der Waals surface area contributed by atoms with Crippen molar-refractivity contribution in [3.05, 3.63) is 83.9 Å². The molecule has 1 fully saturated rings. The third kappa shape index (κ3) is 5.40. The van der Waals surface area contributed by atoms with E-state index in [-0.39, 0.29) is 12.7 Å². The molecule has 0 bridgehead atoms. The van der Waals surface area contributed by atoms with Gasteiger partial charge >= 0.3 is 6.09 Å². The molecular formula is C25H23F2NO3. The molecule has 0 aromatic heterocycles. The van der Waals surface area contributed by atoms with Gasteiger partial charge in [0.15, 0.2) is 11.6 Å². The summed E-state index contributed by atoms with van der Waals surface area (Å²) in [7, 11) is 0. The highest BCUT2D eigenvalue weighted by Gasteiger charge is 2.19. The van der Waals surface area contributed by atoms with Crippen LogP contribution < -0.4 is 10.1 Å². The van der Waals surface area contributed by atoms with Gasteiger partial charge in [0.2, 0.25) is 0 Å². The zero-order valence-electron chi connectivity index (χ0n) is 16.9. The van der Waals surface area contributed by atoms with Crippen LogP contribution in [0.1, 0.15) is 31.2 Å². The molecule has 1 aliphatic carbocycles. The molecule has 0 atom stereocenters. The van der Waals surface area contributed by atoms with Gasteiger partial charge in [-0.25, -0.2) is 13.6 Å². The Labute approximate surface area is 179 Å². The molecule has 1 aliphatic rings. The van der Waals surface area contributed by atoms with E-state index in [1.807, 2.05) is 30.3 Å². The van der Waals surface area contributed by atoms with Crippen molar-refractivity contribution >= 4 is 11.8 Å². The summed E-state index contributed by atoms with van der Waals surface area (Å²) < 4.78 is 38.7. The number of benzene rings is 3. The van der Waals surface area contributed by atoms with Crippen LogP contribution in [0.25, 0.3) is 11.1 Å². The Bertz CT molecular complexity index is 1050. The van der Waals surface area contributed by atoms with Crippen molar-refractivity contribution < 1.29 is 23.0 Å². The van der Waals surface area contributed by atoms with Gasteiger partial charge in [0.25, 0.3) is 0 Å². The first kappa shape index (κ1) is 20.8. The lowest BCUT2D eigenvalue weighted by Crippen LogP contribution is -2.14. The van der Waals surface area contributed by atoms with Crippen LogP contribution in [0.3, 0.4) is 0 Å². The van der Waals surface area contributed by atoms with Crippen LogP contribution in [0.15, 0.2) is 66.7 Å². The van der Waals surface area contributed by atoms with Crippen LogP contribution in [-0.4, -0.2) is 12.2 Å². The number of hydrogen-bond acceptors (Lipinski definition) is 3. The number of halogens is 2. The summed E-state index contributed by atoms with van der Waals surface area (Å²) in [5.74, 6) is -1.29. The topological polar surface area (TPSA) is 47.6 Å². The molecule has 160 valence electrons. The number of hydrogen-bond donors (Lipinski definition) is 1. The Morgan fingerprint density at radius 1 is 0.935 bits per heavy atom. The van der Waals surface area contributed by atoms with Gasteiger partial charge in [0.1, 0.15) is 12.4 Å². The van der Waals surface area contributed by atoms with Crippen molar-refractivity contribution in [1.82, 2.24) is 0 Å². The molecule has 1 amide bonds. The summed E-state index contributed by atoms with van der Waals surface area (Å²) in [5, 5.41) is 2.68. The van der Waals surface area contributed by atoms with Gasteiger partial charge in [0, 0.05) is 11.3 Å². The van der Waals surface area contributed by atoms with Crippen molar-refractivity contribution in [1.29, 1.82) is 0 Å². The highest BCUT2D eigenvalue weighted by Crippen LogP contribution is 2.36. The lowest BCUT2D eigenvalue weighted by Gasteiger charge is -2.18. The summed E-state index contributed by atoms with van der Waals surface area (Å²) in [5.41, 5.74) is 2.39. The molecule has 31 heavy (non-hydrogen) atoms. The molecule has 0 heterocycles. The molecule has 4 nitrogen and oxygen atoms in total. The average Bonchev–Trinajstić information content (AvgIpc) is 3.29. The van der Waals surface area contributed by atoms with E-state index in [9.17, 15) is 13.6 Å². The van der Waals surface area contributed by atoms with E-state index in [1.165, 1.54) is 6.07 Å². The lowest BCUT2D eigenvalue weighted by molar-refractivity contribution is 0.155. The Morgan fingerprint density at radius 2 is 1.71 bits per heavy atom. The monoisotopic (exact) mass is 423 g/mol. The molecule has 6 heteroatoms. The van der Waals surface area contributed by atoms with Gasteiger partial charge in [0.05, 0.1) is 6.10 Å². The fourth-order valence-corrected chi connectivity index (χ4v) is 3.66. The van der Waals surface area contributed by atoms with E-state index in [1.54, 1.807) is 18.2 Å². The van der Waals surface area contributed by atoms with Gasteiger partial charge in [-0.15, -0.1) is 0 Å². The van der Waals surface area contributed by atoms with E-state index in [4.69, 9.17) is 9.47 Å². The third-order valence-corrected chi connectivity index (χ3v) is 5.27. The SMILES string of the molecule is O=C(Nc1ccc(OC2CCCC2)c(-c2ccc(F)c(F)c2)c1)OCc1ccccc1. The predicted octanol–water partition coefficient (Wildman–Crippen LogP) is 6.70. The summed E-state index contributed by atoms with van der Waals surface area (Å²) in [4.78, 5) is 12.2. The van der Waals surface area contributed by atoms with Crippen molar-refractivity contribution in [2.45, 2.75) is 38.4 Å². The molecule has 3 aromatic carbocycles. The Balaban J connectivity index is 1.54. The summed E-state index contributed by atoms with van der Waals surface area (Å²) in [6, 6.07) is 18.2. The van der Waals surface area contributed by atoms with Crippen LogP contribution in [0.2, 0.25) is 0 Å². The third-order valence-electron chi connectivity index (χ3n) is 5.27. The normalized spacial score (nSPS) is 13.7. The van der Waals surface area contributed by atoms with Crippen molar-refractivity contribution in [3.8, 4) is 16.9 Å². The number of anilines is 1. The zero-order valence-corrected chi connectivity index (χ0v) is 16.9. The quantitative estimate of drug-likeness (QED) is 0.480. The van der Waals surface area contributed by atoms with E-state index in [0.717, 1.165) is 43.4 Å². The average molecular weight is 423 g/mol. The molecule has 0 unspecified atom stereocenters. The molecule has 0 saturated heterocycles. The molecule has 0 aliphatic heterocycles. The van der Waals surface area contributed by atoms with E-state index in [2.05, 4.69) is 5.32 Å². The molecule has 1 saturated carbocycles. The second kappa shape index (κ2) is 9.60. The number of carbonyl (C=O) groups excluding carboxylic acids is 1. The van der Waals surface area contributed by atoms with Crippen LogP contribution >= 0.6 is 0 Å². The van der Waals surface area contributed by atoms with Gasteiger partial charge < -0.3 is 9.47 Å². The van der Waals surface area contributed by atoms with Crippen molar-refractivity contribution in [2.24, 2.45) is 0 Å². The van der Waals surface area contributed by atoms with Crippen LogP contribution in [-0.2, 0) is 11.3 Å². The van der Waals surface area contributed by atoms with Crippen molar-refractivity contribution in [3.63, 3.8) is 0 Å². The lowest BCUT2D eigenvalue weighted by atomic mass is 10.0.